The van der Waals surface area contributed by atoms with Crippen LogP contribution in [0.2, 0.25) is 0 Å². The van der Waals surface area contributed by atoms with Gasteiger partial charge in [0.05, 0.1) is 31.8 Å². The molecule has 244 valence electrons. The number of carbonyl (C=O) groups excluding carboxylic acids is 3. The molecule has 2 aromatic rings. The number of aryl methyl sites for hydroxylation is 1. The number of allylic oxidation sites excluding steroid dienone is 3. The van der Waals surface area contributed by atoms with E-state index in [1.165, 1.54) is 12.0 Å². The molecule has 2 amide bonds. The lowest BCUT2D eigenvalue weighted by Gasteiger charge is -2.34. The summed E-state index contributed by atoms with van der Waals surface area (Å²) in [5.74, 6) is 0.266. The third kappa shape index (κ3) is 8.52. The smallest absolute Gasteiger partial charge is 0.408 e. The second-order valence-electron chi connectivity index (χ2n) is 12.7. The number of aromatic nitrogens is 2. The Labute approximate surface area is 265 Å². The third-order valence-corrected chi connectivity index (χ3v) is 8.12. The van der Waals surface area contributed by atoms with E-state index in [4.69, 9.17) is 28.9 Å². The van der Waals surface area contributed by atoms with Crippen molar-refractivity contribution in [2.45, 2.75) is 90.5 Å². The molecular formula is C34H46N4O7. The summed E-state index contributed by atoms with van der Waals surface area (Å²) >= 11 is 0. The highest BCUT2D eigenvalue weighted by Crippen LogP contribution is 2.37. The van der Waals surface area contributed by atoms with Crippen molar-refractivity contribution in [3.8, 4) is 11.6 Å². The Morgan fingerprint density at radius 2 is 1.91 bits per heavy atom. The number of fused-ring (bicyclic) bond motifs is 1. The zero-order chi connectivity index (χ0) is 32.7. The molecule has 5 atom stereocenters. The van der Waals surface area contributed by atoms with Crippen molar-refractivity contribution in [2.75, 3.05) is 20.8 Å². The van der Waals surface area contributed by atoms with E-state index in [1.807, 2.05) is 32.9 Å². The van der Waals surface area contributed by atoms with Crippen LogP contribution in [0.4, 0.5) is 4.79 Å². The van der Waals surface area contributed by atoms with E-state index in [1.54, 1.807) is 19.3 Å². The van der Waals surface area contributed by atoms with E-state index < -0.39 is 41.6 Å². The molecule has 2 fully saturated rings. The van der Waals surface area contributed by atoms with Crippen LogP contribution >= 0.6 is 0 Å². The molecule has 11 heteroatoms. The number of hydrogen-bond acceptors (Lipinski definition) is 9. The van der Waals surface area contributed by atoms with Crippen molar-refractivity contribution in [1.82, 2.24) is 20.2 Å². The molecule has 2 heterocycles. The van der Waals surface area contributed by atoms with Gasteiger partial charge in [0.15, 0.2) is 0 Å². The van der Waals surface area contributed by atoms with Gasteiger partial charge < -0.3 is 29.2 Å². The van der Waals surface area contributed by atoms with Gasteiger partial charge in [-0.25, -0.2) is 19.6 Å². The minimum atomic E-state index is -0.954. The summed E-state index contributed by atoms with van der Waals surface area (Å²) in [6, 6.07) is 3.57. The Morgan fingerprint density at radius 1 is 1.13 bits per heavy atom. The number of carbonyl (C=O) groups is 3. The van der Waals surface area contributed by atoms with E-state index in [0.29, 0.717) is 41.2 Å². The molecule has 1 N–H and O–H groups in total. The Bertz CT molecular complexity index is 1420. The lowest BCUT2D eigenvalue weighted by atomic mass is 9.85. The molecule has 1 aliphatic carbocycles. The van der Waals surface area contributed by atoms with Crippen molar-refractivity contribution in [1.29, 1.82) is 0 Å². The van der Waals surface area contributed by atoms with Crippen LogP contribution in [0, 0.1) is 11.3 Å². The minimum Gasteiger partial charge on any atom is -0.497 e. The summed E-state index contributed by atoms with van der Waals surface area (Å²) in [4.78, 5) is 50.9. The Kier molecular flexibility index (Phi) is 11.1. The molecule has 4 rings (SSSR count). The highest BCUT2D eigenvalue weighted by atomic mass is 16.6. The van der Waals surface area contributed by atoms with Crippen LogP contribution in [0.3, 0.4) is 0 Å². The highest BCUT2D eigenvalue weighted by molar-refractivity contribution is 5.91. The van der Waals surface area contributed by atoms with Gasteiger partial charge in [-0.1, -0.05) is 45.9 Å². The summed E-state index contributed by atoms with van der Waals surface area (Å²) in [7, 11) is 2.86. The number of ether oxygens (including phenoxy) is 4. The Balaban J connectivity index is 1.53. The number of methoxy groups -OCH3 is 2. The van der Waals surface area contributed by atoms with Gasteiger partial charge in [0, 0.05) is 18.4 Å². The molecule has 45 heavy (non-hydrogen) atoms. The third-order valence-electron chi connectivity index (χ3n) is 8.12. The molecule has 1 aromatic carbocycles. The van der Waals surface area contributed by atoms with Crippen LogP contribution in [0.1, 0.15) is 65.5 Å². The zero-order valence-corrected chi connectivity index (χ0v) is 27.2. The molecule has 0 bridgehead atoms. The normalized spacial score (nSPS) is 21.8. The van der Waals surface area contributed by atoms with Gasteiger partial charge >= 0.3 is 12.1 Å². The Hall–Kier alpha value is -4.15. The summed E-state index contributed by atoms with van der Waals surface area (Å²) in [6.45, 7) is 11.5. The maximum Gasteiger partial charge on any atom is 0.408 e. The lowest BCUT2D eigenvalue weighted by molar-refractivity contribution is -0.152. The molecule has 1 saturated carbocycles. The number of likely N-dealkylation sites (tertiary alicyclic amines) is 1. The number of benzene rings is 1. The fraction of sp³-hybridized carbons (Fsp3) is 0.559. The largest absolute Gasteiger partial charge is 0.497 e. The molecule has 1 aliphatic heterocycles. The first-order chi connectivity index (χ1) is 21.5. The Morgan fingerprint density at radius 3 is 2.58 bits per heavy atom. The molecule has 1 aromatic heterocycles. The van der Waals surface area contributed by atoms with Crippen molar-refractivity contribution < 1.29 is 33.3 Å². The van der Waals surface area contributed by atoms with Crippen molar-refractivity contribution in [3.05, 3.63) is 48.7 Å². The standard InChI is InChI=1S/C34H46N4O7/c1-8-10-12-13-21-17-28(21)45-33(41)37-29(34(3,4)5)31(39)38-20-23(19-27(38)32(40)43-7)44-30-25(14-11-9-2)35-24-16-15-22(42-6)18-26(24)36-30/h9-10,12,15-16,18,21,23,27-29H,2,8,11,13-14,17,19-20H2,1,3-7H3,(H,37,41)/b12-10-/t21-,23-,27+,28-,29?/m1/s1. The number of hydrogen-bond donors (Lipinski definition) is 1. The van der Waals surface area contributed by atoms with Crippen LogP contribution in [0.5, 0.6) is 11.6 Å². The van der Waals surface area contributed by atoms with E-state index in [9.17, 15) is 14.4 Å². The minimum absolute atomic E-state index is 0.0924. The molecule has 0 radical (unpaired) electrons. The predicted octanol–water partition coefficient (Wildman–Crippen LogP) is 5.16. The first kappa shape index (κ1) is 33.7. The van der Waals surface area contributed by atoms with Gasteiger partial charge in [0.25, 0.3) is 0 Å². The molecule has 0 spiro atoms. The average Bonchev–Trinajstić information content (AvgIpc) is 3.60. The number of rotatable bonds is 13. The maximum atomic E-state index is 14.1. The monoisotopic (exact) mass is 622 g/mol. The van der Waals surface area contributed by atoms with Crippen LogP contribution < -0.4 is 14.8 Å². The number of nitrogens with one attached hydrogen (secondary N) is 1. The van der Waals surface area contributed by atoms with Crippen molar-refractivity contribution >= 4 is 29.0 Å². The van der Waals surface area contributed by atoms with Gasteiger partial charge in [-0.2, -0.15) is 0 Å². The molecule has 1 saturated heterocycles. The first-order valence-electron chi connectivity index (χ1n) is 15.6. The molecule has 2 aliphatic rings. The van der Waals surface area contributed by atoms with E-state index in [-0.39, 0.29) is 25.0 Å². The molecule has 1 unspecified atom stereocenters. The van der Waals surface area contributed by atoms with Gasteiger partial charge in [0.1, 0.15) is 35.7 Å². The van der Waals surface area contributed by atoms with Crippen LogP contribution in [0.15, 0.2) is 43.0 Å². The van der Waals surface area contributed by atoms with Crippen molar-refractivity contribution in [2.24, 2.45) is 11.3 Å². The summed E-state index contributed by atoms with van der Waals surface area (Å²) in [5.41, 5.74) is 1.26. The number of amides is 2. The zero-order valence-electron chi connectivity index (χ0n) is 27.2. The maximum absolute atomic E-state index is 14.1. The average molecular weight is 623 g/mol. The SMILES string of the molecule is C=CCCc1nc2ccc(OC)cc2nc1O[C@@H]1C[C@@H](C(=O)OC)N(C(=O)C(NC(=O)O[C@@H]2C[C@H]2C/C=C\CC)C(C)(C)C)C1. The highest BCUT2D eigenvalue weighted by Gasteiger charge is 2.47. The van der Waals surface area contributed by atoms with E-state index in [0.717, 1.165) is 19.3 Å². The topological polar surface area (TPSA) is 129 Å². The quantitative estimate of drug-likeness (QED) is 0.238. The van der Waals surface area contributed by atoms with E-state index in [2.05, 4.69) is 31.0 Å². The second-order valence-corrected chi connectivity index (χ2v) is 12.7. The summed E-state index contributed by atoms with van der Waals surface area (Å²) in [5, 5.41) is 2.79. The summed E-state index contributed by atoms with van der Waals surface area (Å²) in [6.07, 6.45) is 8.63. The number of alkyl carbamates (subject to hydrolysis) is 1. The van der Waals surface area contributed by atoms with Crippen molar-refractivity contribution in [3.63, 3.8) is 0 Å². The van der Waals surface area contributed by atoms with E-state index >= 15 is 0 Å². The molecular weight excluding hydrogens is 576 g/mol. The predicted molar refractivity (Wildman–Crippen MR) is 170 cm³/mol. The fourth-order valence-electron chi connectivity index (χ4n) is 5.47. The van der Waals surface area contributed by atoms with Gasteiger partial charge in [-0.3, -0.25) is 4.79 Å². The first-order valence-corrected chi connectivity index (χ1v) is 15.6. The van der Waals surface area contributed by atoms with Crippen LogP contribution in [-0.2, 0) is 25.5 Å². The fourth-order valence-corrected chi connectivity index (χ4v) is 5.47. The second kappa shape index (κ2) is 14.8. The van der Waals surface area contributed by atoms with Crippen LogP contribution in [0.25, 0.3) is 11.0 Å². The lowest BCUT2D eigenvalue weighted by Crippen LogP contribution is -2.57. The summed E-state index contributed by atoms with van der Waals surface area (Å²) < 4.78 is 22.4. The van der Waals surface area contributed by atoms with Gasteiger partial charge in [0.2, 0.25) is 11.8 Å². The number of esters is 1. The van der Waals surface area contributed by atoms with Crippen LogP contribution in [-0.4, -0.2) is 77.9 Å². The van der Waals surface area contributed by atoms with Gasteiger partial charge in [-0.15, -0.1) is 6.58 Å². The number of nitrogens with zero attached hydrogens (tertiary/aromatic N) is 3. The van der Waals surface area contributed by atoms with Gasteiger partial charge in [-0.05, 0) is 49.7 Å². The molecule has 11 nitrogen and oxygen atoms in total.